The Kier molecular flexibility index (Phi) is 38.4. The van der Waals surface area contributed by atoms with Crippen molar-refractivity contribution in [1.82, 2.24) is 9.80 Å². The molecule has 2 nitrogen and oxygen atoms in total. The van der Waals surface area contributed by atoms with E-state index in [-0.39, 0.29) is 0 Å². The number of nitrogens with zero attached hydrogens (tertiary/aromatic N) is 2. The molecule has 0 aromatic carbocycles. The lowest BCUT2D eigenvalue weighted by molar-refractivity contribution is 0.135. The van der Waals surface area contributed by atoms with Gasteiger partial charge in [0.05, 0.1) is 0 Å². The Bertz CT molecular complexity index is 673. The van der Waals surface area contributed by atoms with Crippen molar-refractivity contribution >= 4 is 0 Å². The molecule has 0 saturated carbocycles. The molecule has 1 heterocycles. The molecular formula is C49H98N2. The van der Waals surface area contributed by atoms with Gasteiger partial charge in [-0.3, -0.25) is 0 Å². The molecule has 2 heteroatoms. The summed E-state index contributed by atoms with van der Waals surface area (Å²) in [6.07, 6.45) is 64.9. The second-order valence-electron chi connectivity index (χ2n) is 17.1. The average molecular weight is 715 g/mol. The zero-order valence-corrected chi connectivity index (χ0v) is 36.0. The average Bonchev–Trinajstić information content (AvgIpc) is 3.53. The first kappa shape index (κ1) is 48.4. The maximum Gasteiger partial charge on any atom is 0.101 e. The van der Waals surface area contributed by atoms with Gasteiger partial charge in [-0.05, 0) is 25.7 Å². The highest BCUT2D eigenvalue weighted by Crippen LogP contribution is 2.24. The van der Waals surface area contributed by atoms with Crippen molar-refractivity contribution in [3.63, 3.8) is 0 Å². The molecule has 0 aromatic heterocycles. The second kappa shape index (κ2) is 40.5. The second-order valence-corrected chi connectivity index (χ2v) is 17.1. The van der Waals surface area contributed by atoms with Gasteiger partial charge in [-0.15, -0.1) is 0 Å². The summed E-state index contributed by atoms with van der Waals surface area (Å²) in [7, 11) is 0. The van der Waals surface area contributed by atoms with Crippen molar-refractivity contribution in [2.24, 2.45) is 0 Å². The lowest BCUT2D eigenvalue weighted by Crippen LogP contribution is -2.39. The largest absolute Gasteiger partial charge is 0.356 e. The predicted molar refractivity (Wildman–Crippen MR) is 233 cm³/mol. The van der Waals surface area contributed by atoms with Gasteiger partial charge in [-0.25, -0.2) is 0 Å². The van der Waals surface area contributed by atoms with Crippen molar-refractivity contribution in [2.75, 3.05) is 13.1 Å². The molecule has 0 amide bonds. The number of hydrogen-bond acceptors (Lipinski definition) is 2. The zero-order chi connectivity index (χ0) is 36.6. The quantitative estimate of drug-likeness (QED) is 0.0580. The van der Waals surface area contributed by atoms with Crippen LogP contribution in [0.5, 0.6) is 0 Å². The molecule has 0 N–H and O–H groups in total. The smallest absolute Gasteiger partial charge is 0.101 e. The fraction of sp³-hybridized carbons (Fsp3) is 0.959. The maximum atomic E-state index is 2.74. The molecule has 1 aliphatic heterocycles. The van der Waals surface area contributed by atoms with E-state index in [2.05, 4.69) is 43.0 Å². The highest BCUT2D eigenvalue weighted by molar-refractivity contribution is 4.97. The van der Waals surface area contributed by atoms with E-state index in [1.807, 2.05) is 0 Å². The molecule has 1 unspecified atom stereocenters. The lowest BCUT2D eigenvalue weighted by atomic mass is 10.0. The van der Waals surface area contributed by atoms with Crippen LogP contribution in [0, 0.1) is 0 Å². The molecule has 0 saturated heterocycles. The Morgan fingerprint density at radius 3 is 0.686 bits per heavy atom. The Balaban J connectivity index is 2.18. The molecule has 1 atom stereocenters. The molecule has 0 spiro atoms. The summed E-state index contributed by atoms with van der Waals surface area (Å²) in [6.45, 7) is 9.49. The van der Waals surface area contributed by atoms with Gasteiger partial charge in [0, 0.05) is 25.5 Å². The fourth-order valence-electron chi connectivity index (χ4n) is 8.48. The Morgan fingerprint density at radius 1 is 0.255 bits per heavy atom. The van der Waals surface area contributed by atoms with Gasteiger partial charge >= 0.3 is 0 Å². The predicted octanol–water partition coefficient (Wildman–Crippen LogP) is 17.5. The summed E-state index contributed by atoms with van der Waals surface area (Å²) in [4.78, 5) is 5.47. The van der Waals surface area contributed by atoms with Crippen LogP contribution in [0.15, 0.2) is 12.4 Å². The molecule has 0 aliphatic carbocycles. The van der Waals surface area contributed by atoms with E-state index in [1.54, 1.807) is 0 Å². The third kappa shape index (κ3) is 32.5. The van der Waals surface area contributed by atoms with Gasteiger partial charge in [0.2, 0.25) is 0 Å². The highest BCUT2D eigenvalue weighted by atomic mass is 15.4. The van der Waals surface area contributed by atoms with Crippen LogP contribution in [0.4, 0.5) is 0 Å². The van der Waals surface area contributed by atoms with Gasteiger partial charge in [0.15, 0.2) is 0 Å². The van der Waals surface area contributed by atoms with Gasteiger partial charge in [0.1, 0.15) is 6.17 Å². The van der Waals surface area contributed by atoms with E-state index >= 15 is 0 Å². The molecule has 0 aromatic rings. The molecule has 304 valence electrons. The first-order chi connectivity index (χ1) is 25.3. The number of rotatable bonds is 43. The van der Waals surface area contributed by atoms with E-state index in [0.29, 0.717) is 6.17 Å². The summed E-state index contributed by atoms with van der Waals surface area (Å²) >= 11 is 0. The van der Waals surface area contributed by atoms with Crippen LogP contribution in [-0.2, 0) is 0 Å². The van der Waals surface area contributed by atoms with E-state index in [9.17, 15) is 0 Å². The number of unbranched alkanes of at least 4 members (excludes halogenated alkanes) is 37. The molecule has 1 aliphatic rings. The van der Waals surface area contributed by atoms with E-state index in [1.165, 1.54) is 276 Å². The van der Waals surface area contributed by atoms with Gasteiger partial charge in [-0.2, -0.15) is 0 Å². The number of hydrogen-bond donors (Lipinski definition) is 0. The topological polar surface area (TPSA) is 6.48 Å². The lowest BCUT2D eigenvalue weighted by Gasteiger charge is -2.33. The van der Waals surface area contributed by atoms with Crippen LogP contribution >= 0.6 is 0 Å². The minimum absolute atomic E-state index is 0.636. The third-order valence-corrected chi connectivity index (χ3v) is 12.1. The summed E-state index contributed by atoms with van der Waals surface area (Å²) in [6, 6.07) is 0. The first-order valence-electron chi connectivity index (χ1n) is 24.5. The van der Waals surface area contributed by atoms with Crippen LogP contribution in [0.1, 0.15) is 284 Å². The summed E-state index contributed by atoms with van der Waals surface area (Å²) in [5.74, 6) is 0. The van der Waals surface area contributed by atoms with E-state index in [4.69, 9.17) is 0 Å². The van der Waals surface area contributed by atoms with Crippen molar-refractivity contribution in [3.8, 4) is 0 Å². The Labute approximate surface area is 324 Å². The molecule has 0 fully saturated rings. The van der Waals surface area contributed by atoms with Crippen molar-refractivity contribution in [2.45, 2.75) is 290 Å². The van der Waals surface area contributed by atoms with Crippen molar-refractivity contribution in [1.29, 1.82) is 0 Å². The molecule has 51 heavy (non-hydrogen) atoms. The first-order valence-corrected chi connectivity index (χ1v) is 24.5. The Morgan fingerprint density at radius 2 is 0.451 bits per heavy atom. The highest BCUT2D eigenvalue weighted by Gasteiger charge is 2.24. The monoisotopic (exact) mass is 715 g/mol. The molecule has 0 bridgehead atoms. The molecule has 0 radical (unpaired) electrons. The van der Waals surface area contributed by atoms with E-state index in [0.717, 1.165) is 0 Å². The zero-order valence-electron chi connectivity index (χ0n) is 36.0. The standard InChI is InChI=1S/C49H98N2/c1-4-7-10-13-16-19-22-24-26-27-29-31-34-37-40-43-46-51-48-47-50(45-42-39-36-33-21-18-15-12-9-6-3)49(51)44-41-38-35-32-30-28-25-23-20-17-14-11-8-5-2/h47-49H,4-46H2,1-3H3. The Hall–Kier alpha value is -0.660. The molecular weight excluding hydrogens is 617 g/mol. The minimum Gasteiger partial charge on any atom is -0.356 e. The van der Waals surface area contributed by atoms with Crippen LogP contribution in [0.2, 0.25) is 0 Å². The SMILES string of the molecule is CCCCCCCCCCCCCCCCCCN1C=CN(CCCCCCCCCCCC)C1CCCCCCCCCCCCCCCC. The third-order valence-electron chi connectivity index (χ3n) is 12.1. The van der Waals surface area contributed by atoms with Crippen LogP contribution in [0.3, 0.4) is 0 Å². The molecule has 1 rings (SSSR count). The maximum absolute atomic E-state index is 2.74. The summed E-state index contributed by atoms with van der Waals surface area (Å²) in [5, 5.41) is 0. The van der Waals surface area contributed by atoms with Gasteiger partial charge in [-0.1, -0.05) is 258 Å². The normalized spacial score (nSPS) is 14.5. The minimum atomic E-state index is 0.636. The summed E-state index contributed by atoms with van der Waals surface area (Å²) in [5.41, 5.74) is 0. The van der Waals surface area contributed by atoms with Crippen LogP contribution < -0.4 is 0 Å². The fourth-order valence-corrected chi connectivity index (χ4v) is 8.48. The van der Waals surface area contributed by atoms with Crippen molar-refractivity contribution in [3.05, 3.63) is 12.4 Å². The van der Waals surface area contributed by atoms with E-state index < -0.39 is 0 Å². The van der Waals surface area contributed by atoms with Crippen molar-refractivity contribution < 1.29 is 0 Å². The van der Waals surface area contributed by atoms with Gasteiger partial charge in [0.25, 0.3) is 0 Å². The van der Waals surface area contributed by atoms with Gasteiger partial charge < -0.3 is 9.80 Å². The van der Waals surface area contributed by atoms with Crippen LogP contribution in [-0.4, -0.2) is 29.1 Å². The summed E-state index contributed by atoms with van der Waals surface area (Å²) < 4.78 is 0. The van der Waals surface area contributed by atoms with Crippen LogP contribution in [0.25, 0.3) is 0 Å².